The van der Waals surface area contributed by atoms with Gasteiger partial charge in [0.05, 0.1) is 11.1 Å². The van der Waals surface area contributed by atoms with Crippen molar-refractivity contribution in [2.75, 3.05) is 0 Å². The lowest BCUT2D eigenvalue weighted by Gasteiger charge is -2.21. The summed E-state index contributed by atoms with van der Waals surface area (Å²) in [6, 6.07) is 17.8. The number of hydrogen-bond donors (Lipinski definition) is 0. The van der Waals surface area contributed by atoms with E-state index in [1.165, 1.54) is 12.8 Å². The molecular weight excluding hydrogens is 424 g/mol. The highest BCUT2D eigenvalue weighted by Gasteiger charge is 2.21. The Kier molecular flexibility index (Phi) is 13.6. The van der Waals surface area contributed by atoms with Gasteiger partial charge in [-0.2, -0.15) is 0 Å². The Morgan fingerprint density at radius 2 is 1.41 bits per heavy atom. The highest BCUT2D eigenvalue weighted by Crippen LogP contribution is 2.25. The van der Waals surface area contributed by atoms with Crippen molar-refractivity contribution in [1.82, 2.24) is 0 Å². The van der Waals surface area contributed by atoms with E-state index in [9.17, 15) is 9.59 Å². The second-order valence-electron chi connectivity index (χ2n) is 9.34. The van der Waals surface area contributed by atoms with Crippen LogP contribution in [0.4, 0.5) is 0 Å². The van der Waals surface area contributed by atoms with Crippen LogP contribution >= 0.6 is 0 Å². The monoisotopic (exact) mass is 466 g/mol. The first-order chi connectivity index (χ1) is 16.2. The summed E-state index contributed by atoms with van der Waals surface area (Å²) >= 11 is 0. The van der Waals surface area contributed by atoms with Crippen LogP contribution in [-0.2, 0) is 9.47 Å². The van der Waals surface area contributed by atoms with Gasteiger partial charge in [-0.1, -0.05) is 83.0 Å². The molecule has 0 aliphatic carbocycles. The number of allylic oxidation sites excluding steroid dienone is 1. The van der Waals surface area contributed by atoms with Crippen LogP contribution in [0.15, 0.2) is 73.3 Å². The molecule has 0 heterocycles. The number of rotatable bonds is 12. The summed E-state index contributed by atoms with van der Waals surface area (Å²) in [6.45, 7) is 14.4. The second-order valence-corrected chi connectivity index (χ2v) is 9.34. The predicted molar refractivity (Wildman–Crippen MR) is 140 cm³/mol. The number of carbonyl (C=O) groups excluding carboxylic acids is 2. The smallest absolute Gasteiger partial charge is 0.338 e. The first-order valence-electron chi connectivity index (χ1n) is 12.3. The van der Waals surface area contributed by atoms with Crippen molar-refractivity contribution in [1.29, 1.82) is 0 Å². The number of esters is 2. The van der Waals surface area contributed by atoms with Crippen molar-refractivity contribution >= 4 is 11.9 Å². The standard InChI is InChI=1S/C21H24O4.C9H18/c1-3-10-19(25-21(23)18-13-8-5-9-14-18)15-16(2)24-20(22)17-11-6-4-7-12-17;1-5-7-8-9(3,4)6-2/h4-9,11-14,16,19H,3,10,15H2,1-2H3;5H,1,6-8H2,2-4H3. The van der Waals surface area contributed by atoms with Crippen LogP contribution in [0.25, 0.3) is 0 Å². The van der Waals surface area contributed by atoms with Crippen LogP contribution in [0.5, 0.6) is 0 Å². The number of carbonyl (C=O) groups is 2. The molecular formula is C30H42O4. The lowest BCUT2D eigenvalue weighted by Crippen LogP contribution is -2.25. The maximum atomic E-state index is 12.2. The molecule has 0 aliphatic rings. The summed E-state index contributed by atoms with van der Waals surface area (Å²) in [5, 5.41) is 0. The molecule has 0 saturated heterocycles. The fraction of sp³-hybridized carbons (Fsp3) is 0.467. The molecule has 2 aromatic rings. The molecule has 0 radical (unpaired) electrons. The molecule has 34 heavy (non-hydrogen) atoms. The zero-order chi connectivity index (χ0) is 25.4. The Hall–Kier alpha value is -2.88. The molecule has 4 nitrogen and oxygen atoms in total. The number of hydrogen-bond acceptors (Lipinski definition) is 4. The Morgan fingerprint density at radius 3 is 1.85 bits per heavy atom. The third-order valence-corrected chi connectivity index (χ3v) is 5.79. The highest BCUT2D eigenvalue weighted by molar-refractivity contribution is 5.90. The van der Waals surface area contributed by atoms with Crippen LogP contribution < -0.4 is 0 Å². The Bertz CT molecular complexity index is 843. The predicted octanol–water partition coefficient (Wildman–Crippen LogP) is 8.04. The molecule has 0 N–H and O–H groups in total. The second kappa shape index (κ2) is 15.9. The molecule has 2 unspecified atom stereocenters. The van der Waals surface area contributed by atoms with Crippen LogP contribution in [0.3, 0.4) is 0 Å². The summed E-state index contributed by atoms with van der Waals surface area (Å²) < 4.78 is 11.1. The van der Waals surface area contributed by atoms with E-state index in [1.54, 1.807) is 48.5 Å². The van der Waals surface area contributed by atoms with Gasteiger partial charge in [-0.05, 0) is 55.9 Å². The van der Waals surface area contributed by atoms with Gasteiger partial charge in [-0.25, -0.2) is 9.59 Å². The van der Waals surface area contributed by atoms with E-state index in [4.69, 9.17) is 9.47 Å². The highest BCUT2D eigenvalue weighted by atomic mass is 16.6. The van der Waals surface area contributed by atoms with Gasteiger partial charge in [0.15, 0.2) is 0 Å². The van der Waals surface area contributed by atoms with Crippen molar-refractivity contribution in [3.05, 3.63) is 84.4 Å². The van der Waals surface area contributed by atoms with Crippen LogP contribution in [-0.4, -0.2) is 24.1 Å². The van der Waals surface area contributed by atoms with Crippen molar-refractivity contribution < 1.29 is 19.1 Å². The van der Waals surface area contributed by atoms with Crippen molar-refractivity contribution in [2.45, 2.75) is 85.4 Å². The molecule has 2 atom stereocenters. The van der Waals surface area contributed by atoms with E-state index < -0.39 is 0 Å². The first kappa shape index (κ1) is 29.2. The normalized spacial score (nSPS) is 12.5. The molecule has 186 valence electrons. The average Bonchev–Trinajstić information content (AvgIpc) is 2.84. The van der Waals surface area contributed by atoms with Crippen LogP contribution in [0.1, 0.15) is 93.9 Å². The summed E-state index contributed by atoms with van der Waals surface area (Å²) in [5.41, 5.74) is 1.56. The SMILES string of the molecule is C=CCCC(C)(C)CC.CCCC(CC(C)OC(=O)c1ccccc1)OC(=O)c1ccccc1. The van der Waals surface area contributed by atoms with Gasteiger partial charge in [0.1, 0.15) is 12.2 Å². The lowest BCUT2D eigenvalue weighted by molar-refractivity contribution is 0.00162. The Morgan fingerprint density at radius 1 is 0.912 bits per heavy atom. The Labute approximate surface area is 206 Å². The zero-order valence-electron chi connectivity index (χ0n) is 21.6. The summed E-state index contributed by atoms with van der Waals surface area (Å²) in [4.78, 5) is 24.3. The van der Waals surface area contributed by atoms with Gasteiger partial charge in [0, 0.05) is 6.42 Å². The molecule has 4 heteroatoms. The van der Waals surface area contributed by atoms with E-state index in [-0.39, 0.29) is 24.1 Å². The summed E-state index contributed by atoms with van der Waals surface area (Å²) in [5.74, 6) is -0.710. The largest absolute Gasteiger partial charge is 0.459 e. The Balaban J connectivity index is 0.000000546. The summed E-state index contributed by atoms with van der Waals surface area (Å²) in [7, 11) is 0. The molecule has 0 fully saturated rings. The number of benzene rings is 2. The van der Waals surface area contributed by atoms with Gasteiger partial charge >= 0.3 is 11.9 Å². The molecule has 2 aromatic carbocycles. The van der Waals surface area contributed by atoms with Gasteiger partial charge in [0.2, 0.25) is 0 Å². The van der Waals surface area contributed by atoms with Gasteiger partial charge in [0.25, 0.3) is 0 Å². The minimum atomic E-state index is -0.363. The molecule has 0 aliphatic heterocycles. The minimum absolute atomic E-state index is 0.281. The molecule has 0 spiro atoms. The third kappa shape index (κ3) is 11.8. The van der Waals surface area contributed by atoms with E-state index >= 15 is 0 Å². The van der Waals surface area contributed by atoms with Gasteiger partial charge in [-0.15, -0.1) is 6.58 Å². The van der Waals surface area contributed by atoms with E-state index in [1.807, 2.05) is 32.1 Å². The van der Waals surface area contributed by atoms with Gasteiger partial charge in [-0.3, -0.25) is 0 Å². The molecule has 0 saturated carbocycles. The molecule has 0 bridgehead atoms. The maximum absolute atomic E-state index is 12.2. The topological polar surface area (TPSA) is 52.6 Å². The van der Waals surface area contributed by atoms with Crippen molar-refractivity contribution in [3.63, 3.8) is 0 Å². The minimum Gasteiger partial charge on any atom is -0.459 e. The fourth-order valence-corrected chi connectivity index (χ4v) is 3.25. The molecule has 0 amide bonds. The van der Waals surface area contributed by atoms with Gasteiger partial charge < -0.3 is 9.47 Å². The van der Waals surface area contributed by atoms with E-state index in [2.05, 4.69) is 27.4 Å². The first-order valence-corrected chi connectivity index (χ1v) is 12.3. The zero-order valence-corrected chi connectivity index (χ0v) is 21.6. The number of ether oxygens (including phenoxy) is 2. The lowest BCUT2D eigenvalue weighted by atomic mass is 9.85. The van der Waals surface area contributed by atoms with Crippen molar-refractivity contribution in [3.8, 4) is 0 Å². The van der Waals surface area contributed by atoms with E-state index in [0.717, 1.165) is 19.3 Å². The fourth-order valence-electron chi connectivity index (χ4n) is 3.25. The third-order valence-electron chi connectivity index (χ3n) is 5.79. The van der Waals surface area contributed by atoms with Crippen LogP contribution in [0.2, 0.25) is 0 Å². The van der Waals surface area contributed by atoms with E-state index in [0.29, 0.717) is 23.0 Å². The quantitative estimate of drug-likeness (QED) is 0.235. The average molecular weight is 467 g/mol. The summed E-state index contributed by atoms with van der Waals surface area (Å²) in [6.07, 6.45) is 7.15. The van der Waals surface area contributed by atoms with Crippen molar-refractivity contribution in [2.24, 2.45) is 5.41 Å². The maximum Gasteiger partial charge on any atom is 0.338 e. The molecule has 0 aromatic heterocycles. The van der Waals surface area contributed by atoms with Crippen LogP contribution in [0, 0.1) is 5.41 Å². The molecule has 2 rings (SSSR count).